The summed E-state index contributed by atoms with van der Waals surface area (Å²) in [4.78, 5) is 20.4. The van der Waals surface area contributed by atoms with Crippen molar-refractivity contribution in [1.29, 1.82) is 0 Å². The maximum absolute atomic E-state index is 11.8. The fraction of sp³-hybridized carbons (Fsp3) is 0.826. The molecule has 1 amide bonds. The normalized spacial score (nSPS) is 43.3. The lowest BCUT2D eigenvalue weighted by Gasteiger charge is -2.58. The molecule has 0 saturated heterocycles. The Hall–Kier alpha value is -1.12. The SMILES string of the molecule is CC.C[C@H]1CCC2C3CCC4=CC(=O)CC[C@]4(C)C3CC[C@@]21C.NC=O. The monoisotopic (exact) mass is 361 g/mol. The van der Waals surface area contributed by atoms with Crippen LogP contribution >= 0.6 is 0 Å². The smallest absolute Gasteiger partial charge is 0.204 e. The summed E-state index contributed by atoms with van der Waals surface area (Å²) in [6.45, 7) is 11.6. The highest BCUT2D eigenvalue weighted by Gasteiger charge is 2.57. The van der Waals surface area contributed by atoms with Crippen LogP contribution in [0.4, 0.5) is 0 Å². The minimum atomic E-state index is 0.250. The van der Waals surface area contributed by atoms with Gasteiger partial charge in [0.25, 0.3) is 0 Å². The van der Waals surface area contributed by atoms with Crippen LogP contribution in [0.3, 0.4) is 0 Å². The Morgan fingerprint density at radius 2 is 1.69 bits per heavy atom. The van der Waals surface area contributed by atoms with Crippen molar-refractivity contribution in [3.05, 3.63) is 11.6 Å². The van der Waals surface area contributed by atoms with E-state index < -0.39 is 0 Å². The van der Waals surface area contributed by atoms with Gasteiger partial charge in [0, 0.05) is 6.42 Å². The Kier molecular flexibility index (Phi) is 6.74. The van der Waals surface area contributed by atoms with Gasteiger partial charge in [-0.2, -0.15) is 0 Å². The van der Waals surface area contributed by atoms with Gasteiger partial charge in [-0.15, -0.1) is 0 Å². The zero-order valence-electron chi connectivity index (χ0n) is 17.5. The summed E-state index contributed by atoms with van der Waals surface area (Å²) in [6.07, 6.45) is 12.5. The van der Waals surface area contributed by atoms with E-state index in [0.717, 1.165) is 36.5 Å². The van der Waals surface area contributed by atoms with Crippen molar-refractivity contribution >= 4 is 12.2 Å². The molecule has 0 aliphatic heterocycles. The van der Waals surface area contributed by atoms with Crippen molar-refractivity contribution in [2.75, 3.05) is 0 Å². The van der Waals surface area contributed by atoms with Gasteiger partial charge in [0.15, 0.2) is 5.78 Å². The molecule has 0 spiro atoms. The van der Waals surface area contributed by atoms with Gasteiger partial charge in [0.1, 0.15) is 0 Å². The molecule has 0 aromatic rings. The number of hydrogen-bond donors (Lipinski definition) is 1. The van der Waals surface area contributed by atoms with E-state index in [9.17, 15) is 4.79 Å². The molecular formula is C23H39NO2. The average molecular weight is 362 g/mol. The number of carbonyl (C=O) groups excluding carboxylic acids is 2. The lowest BCUT2D eigenvalue weighted by molar-refractivity contribution is -0.117. The number of rotatable bonds is 0. The molecule has 0 aromatic carbocycles. The zero-order valence-corrected chi connectivity index (χ0v) is 17.5. The van der Waals surface area contributed by atoms with Gasteiger partial charge in [0.2, 0.25) is 6.41 Å². The van der Waals surface area contributed by atoms with Gasteiger partial charge < -0.3 is 5.73 Å². The van der Waals surface area contributed by atoms with Crippen LogP contribution in [0, 0.1) is 34.5 Å². The minimum Gasteiger partial charge on any atom is -0.372 e. The first kappa shape index (κ1) is 21.2. The lowest BCUT2D eigenvalue weighted by atomic mass is 9.47. The van der Waals surface area contributed by atoms with E-state index in [0.29, 0.717) is 16.6 Å². The van der Waals surface area contributed by atoms with Gasteiger partial charge in [-0.25, -0.2) is 0 Å². The van der Waals surface area contributed by atoms with Gasteiger partial charge in [-0.3, -0.25) is 9.59 Å². The molecule has 3 fully saturated rings. The maximum Gasteiger partial charge on any atom is 0.204 e. The Balaban J connectivity index is 0.000000444. The topological polar surface area (TPSA) is 60.2 Å². The number of allylic oxidation sites excluding steroid dienone is 1. The molecule has 26 heavy (non-hydrogen) atoms. The molecule has 3 saturated carbocycles. The second-order valence-corrected chi connectivity index (χ2v) is 9.13. The molecule has 148 valence electrons. The zero-order chi connectivity index (χ0) is 19.5. The van der Waals surface area contributed by atoms with E-state index in [4.69, 9.17) is 4.79 Å². The van der Waals surface area contributed by atoms with Gasteiger partial charge >= 0.3 is 0 Å². The fourth-order valence-corrected chi connectivity index (χ4v) is 6.82. The van der Waals surface area contributed by atoms with Gasteiger partial charge in [0.05, 0.1) is 0 Å². The second-order valence-electron chi connectivity index (χ2n) is 9.13. The van der Waals surface area contributed by atoms with E-state index in [1.54, 1.807) is 0 Å². The van der Waals surface area contributed by atoms with Crippen molar-refractivity contribution in [3.8, 4) is 0 Å². The van der Waals surface area contributed by atoms with E-state index in [1.807, 2.05) is 19.9 Å². The summed E-state index contributed by atoms with van der Waals surface area (Å²) in [6, 6.07) is 0. The molecule has 3 nitrogen and oxygen atoms in total. The van der Waals surface area contributed by atoms with E-state index in [1.165, 1.54) is 44.1 Å². The van der Waals surface area contributed by atoms with Crippen LogP contribution in [-0.4, -0.2) is 12.2 Å². The number of ketones is 1. The van der Waals surface area contributed by atoms with Crippen molar-refractivity contribution in [2.24, 2.45) is 40.2 Å². The first-order valence-corrected chi connectivity index (χ1v) is 10.8. The third-order valence-electron chi connectivity index (χ3n) is 8.44. The van der Waals surface area contributed by atoms with Crippen LogP contribution < -0.4 is 5.73 Å². The van der Waals surface area contributed by atoms with Crippen LogP contribution in [0.1, 0.15) is 86.0 Å². The standard InChI is InChI=1S/C20H30O.C2H6.CH3NO/c1-13-4-7-17-16-6-5-14-12-15(21)8-10-20(14,3)18(16)9-11-19(13,17)2;1-2;2-1-3/h12-13,16-18H,4-11H2,1-3H3;1-2H3;1H,(H2,2,3)/t13-,16?,17?,18?,19+,20-;;/m0../s1. The Morgan fingerprint density at radius 3 is 2.35 bits per heavy atom. The molecule has 0 aromatic heterocycles. The fourth-order valence-electron chi connectivity index (χ4n) is 6.82. The summed E-state index contributed by atoms with van der Waals surface area (Å²) in [5, 5.41) is 0. The average Bonchev–Trinajstić information content (AvgIpc) is 2.93. The molecule has 4 aliphatic rings. The summed E-state index contributed by atoms with van der Waals surface area (Å²) >= 11 is 0. The molecule has 3 heteroatoms. The Bertz CT molecular complexity index is 554. The number of primary amides is 1. The summed E-state index contributed by atoms with van der Waals surface area (Å²) in [5.41, 5.74) is 6.64. The molecular weight excluding hydrogens is 322 g/mol. The highest BCUT2D eigenvalue weighted by Crippen LogP contribution is 2.66. The molecule has 6 atom stereocenters. The quantitative estimate of drug-likeness (QED) is 0.597. The second kappa shape index (κ2) is 8.27. The first-order valence-electron chi connectivity index (χ1n) is 10.8. The number of carbonyl (C=O) groups is 2. The van der Waals surface area contributed by atoms with Crippen LogP contribution in [0.25, 0.3) is 0 Å². The van der Waals surface area contributed by atoms with E-state index in [-0.39, 0.29) is 6.41 Å². The minimum absolute atomic E-state index is 0.250. The van der Waals surface area contributed by atoms with Crippen LogP contribution in [-0.2, 0) is 9.59 Å². The van der Waals surface area contributed by atoms with Crippen molar-refractivity contribution < 1.29 is 9.59 Å². The van der Waals surface area contributed by atoms with Gasteiger partial charge in [-0.1, -0.05) is 40.2 Å². The maximum atomic E-state index is 11.8. The third-order valence-corrected chi connectivity index (χ3v) is 8.44. The van der Waals surface area contributed by atoms with Crippen molar-refractivity contribution in [2.45, 2.75) is 86.0 Å². The van der Waals surface area contributed by atoms with Crippen molar-refractivity contribution in [1.82, 2.24) is 0 Å². The highest BCUT2D eigenvalue weighted by molar-refractivity contribution is 5.91. The number of amides is 1. The Morgan fingerprint density at radius 1 is 1.04 bits per heavy atom. The van der Waals surface area contributed by atoms with Crippen LogP contribution in [0.2, 0.25) is 0 Å². The number of nitrogens with two attached hydrogens (primary N) is 1. The predicted octanol–water partition coefficient (Wildman–Crippen LogP) is 5.28. The predicted molar refractivity (Wildman–Crippen MR) is 107 cm³/mol. The molecule has 0 radical (unpaired) electrons. The Labute approximate surface area is 160 Å². The summed E-state index contributed by atoms with van der Waals surface area (Å²) in [7, 11) is 0. The molecule has 4 aliphatic carbocycles. The van der Waals surface area contributed by atoms with Crippen molar-refractivity contribution in [3.63, 3.8) is 0 Å². The highest BCUT2D eigenvalue weighted by atomic mass is 16.1. The van der Waals surface area contributed by atoms with Crippen LogP contribution in [0.5, 0.6) is 0 Å². The molecule has 0 heterocycles. The van der Waals surface area contributed by atoms with E-state index in [2.05, 4.69) is 26.5 Å². The third kappa shape index (κ3) is 3.39. The number of fused-ring (bicyclic) bond motifs is 5. The molecule has 0 bridgehead atoms. The first-order chi connectivity index (χ1) is 12.4. The number of hydrogen-bond acceptors (Lipinski definition) is 2. The van der Waals surface area contributed by atoms with E-state index >= 15 is 0 Å². The molecule has 2 N–H and O–H groups in total. The lowest BCUT2D eigenvalue weighted by Crippen LogP contribution is -2.50. The largest absolute Gasteiger partial charge is 0.372 e. The summed E-state index contributed by atoms with van der Waals surface area (Å²) < 4.78 is 0. The van der Waals surface area contributed by atoms with Gasteiger partial charge in [-0.05, 0) is 85.5 Å². The van der Waals surface area contributed by atoms with Crippen LogP contribution in [0.15, 0.2) is 11.6 Å². The molecule has 4 rings (SSSR count). The molecule has 3 unspecified atom stereocenters. The summed E-state index contributed by atoms with van der Waals surface area (Å²) in [5.74, 6) is 4.05.